The van der Waals surface area contributed by atoms with Crippen LogP contribution in [0.15, 0.2) is 100 Å². The maximum Gasteiger partial charge on any atom is 0.240 e. The lowest BCUT2D eigenvalue weighted by Gasteiger charge is -2.09. The van der Waals surface area contributed by atoms with E-state index in [0.717, 1.165) is 16.3 Å². The van der Waals surface area contributed by atoms with Crippen molar-refractivity contribution in [2.24, 2.45) is 15.4 Å². The van der Waals surface area contributed by atoms with Crippen LogP contribution in [0.5, 0.6) is 5.88 Å². The zero-order valence-corrected chi connectivity index (χ0v) is 21.4. The van der Waals surface area contributed by atoms with Crippen molar-refractivity contribution < 1.29 is 13.5 Å². The minimum Gasteiger partial charge on any atom is -0.493 e. The Kier molecular flexibility index (Phi) is 6.61. The Morgan fingerprint density at radius 2 is 1.76 bits per heavy atom. The lowest BCUT2D eigenvalue weighted by molar-refractivity contribution is 0.429. The first-order valence-electron chi connectivity index (χ1n) is 11.3. The average Bonchev–Trinajstić information content (AvgIpc) is 3.16. The molecule has 4 aromatic carbocycles. The number of hydrogen-bond donors (Lipinski definition) is 3. The van der Waals surface area contributed by atoms with E-state index in [1.165, 1.54) is 18.2 Å². The molecule has 0 radical (unpaired) electrons. The Hall–Kier alpha value is -4.63. The molecule has 0 bridgehead atoms. The maximum atomic E-state index is 11.9. The Labute approximate surface area is 223 Å². The summed E-state index contributed by atoms with van der Waals surface area (Å²) in [6.07, 6.45) is 0. The molecule has 0 aliphatic rings. The number of thiocarbonyl (C=S) groups is 1. The van der Waals surface area contributed by atoms with E-state index in [1.54, 1.807) is 28.8 Å². The number of nitrogens with one attached hydrogen (secondary N) is 1. The van der Waals surface area contributed by atoms with Gasteiger partial charge in [-0.3, -0.25) is 0 Å². The zero-order valence-electron chi connectivity index (χ0n) is 19.7. The van der Waals surface area contributed by atoms with Crippen molar-refractivity contribution in [2.45, 2.75) is 11.4 Å². The number of azo groups is 1. The van der Waals surface area contributed by atoms with Crippen molar-refractivity contribution in [1.82, 2.24) is 4.57 Å². The summed E-state index contributed by atoms with van der Waals surface area (Å²) >= 11 is 5.24. The molecule has 188 valence electrons. The number of anilines is 1. The number of para-hydroxylation sites is 1. The molecule has 38 heavy (non-hydrogen) atoms. The molecule has 5 aromatic rings. The molecule has 9 nitrogen and oxygen atoms in total. The largest absolute Gasteiger partial charge is 0.493 e. The summed E-state index contributed by atoms with van der Waals surface area (Å²) in [5.41, 5.74) is 2.28. The number of sulfonamides is 1. The van der Waals surface area contributed by atoms with E-state index in [0.29, 0.717) is 23.0 Å². The van der Waals surface area contributed by atoms with Gasteiger partial charge in [0.05, 0.1) is 29.4 Å². The molecular formula is C27H20N6O3S2. The van der Waals surface area contributed by atoms with E-state index in [9.17, 15) is 18.8 Å². The van der Waals surface area contributed by atoms with Gasteiger partial charge in [-0.25, -0.2) is 13.6 Å². The Morgan fingerprint density at radius 3 is 2.53 bits per heavy atom. The van der Waals surface area contributed by atoms with Gasteiger partial charge in [-0.1, -0.05) is 48.5 Å². The molecule has 4 N–H and O–H groups in total. The Morgan fingerprint density at radius 1 is 1.03 bits per heavy atom. The normalized spacial score (nSPS) is 11.7. The topological polar surface area (TPSA) is 146 Å². The van der Waals surface area contributed by atoms with Crippen LogP contribution in [0, 0.1) is 11.3 Å². The number of aromatic nitrogens is 1. The smallest absolute Gasteiger partial charge is 0.240 e. The highest BCUT2D eigenvalue weighted by molar-refractivity contribution is 7.89. The van der Waals surface area contributed by atoms with Gasteiger partial charge in [-0.2, -0.15) is 5.26 Å². The van der Waals surface area contributed by atoms with Gasteiger partial charge in [0.2, 0.25) is 21.0 Å². The van der Waals surface area contributed by atoms with Crippen LogP contribution in [0.3, 0.4) is 0 Å². The highest BCUT2D eigenvalue weighted by Gasteiger charge is 2.19. The summed E-state index contributed by atoms with van der Waals surface area (Å²) < 4.78 is 25.4. The first-order valence-corrected chi connectivity index (χ1v) is 13.3. The molecule has 0 fully saturated rings. The third kappa shape index (κ3) is 4.96. The lowest BCUT2D eigenvalue weighted by Crippen LogP contribution is -2.16. The van der Waals surface area contributed by atoms with Crippen LogP contribution in [0.25, 0.3) is 21.7 Å². The molecule has 0 atom stereocenters. The second kappa shape index (κ2) is 10.0. The van der Waals surface area contributed by atoms with Gasteiger partial charge in [-0.05, 0) is 65.0 Å². The van der Waals surface area contributed by atoms with Crippen LogP contribution in [0.2, 0.25) is 0 Å². The van der Waals surface area contributed by atoms with Gasteiger partial charge in [0.1, 0.15) is 4.90 Å². The highest BCUT2D eigenvalue weighted by atomic mass is 32.2. The maximum absolute atomic E-state index is 11.9. The second-order valence-electron chi connectivity index (χ2n) is 8.45. The second-order valence-corrected chi connectivity index (χ2v) is 10.4. The fourth-order valence-corrected chi connectivity index (χ4v) is 5.07. The summed E-state index contributed by atoms with van der Waals surface area (Å²) in [5.74, 6) is -0.153. The van der Waals surface area contributed by atoms with E-state index in [2.05, 4.69) is 21.6 Å². The number of nitrogens with two attached hydrogens (primary N) is 1. The van der Waals surface area contributed by atoms with Crippen LogP contribution in [0.1, 0.15) is 11.1 Å². The molecule has 0 aliphatic heterocycles. The molecule has 0 saturated heterocycles. The summed E-state index contributed by atoms with van der Waals surface area (Å²) in [5, 5.41) is 39.3. The molecule has 1 heterocycles. The van der Waals surface area contributed by atoms with E-state index in [4.69, 9.17) is 17.4 Å². The standard InChI is InChI=1S/C27H20N6O3S2/c28-15-17-10-12-23-21(14-17)25(31-32-27(37)30-22-7-3-4-8-24(22)38(29,35)36)26(34)33(23)16-18-9-11-19-5-1-2-6-20(19)13-18/h1-14,34H,16H2,(H,30,37)(H2,29,35,36). The molecule has 11 heteroatoms. The fraction of sp³-hybridized carbons (Fsp3) is 0.0370. The summed E-state index contributed by atoms with van der Waals surface area (Å²) in [6.45, 7) is 0.346. The zero-order chi connectivity index (χ0) is 26.9. The van der Waals surface area contributed by atoms with Crippen LogP contribution in [-0.2, 0) is 16.6 Å². The van der Waals surface area contributed by atoms with E-state index >= 15 is 0 Å². The van der Waals surface area contributed by atoms with Gasteiger partial charge in [0.15, 0.2) is 5.69 Å². The molecular weight excluding hydrogens is 520 g/mol. The Bertz CT molecular complexity index is 1910. The van der Waals surface area contributed by atoms with Crippen molar-refractivity contribution in [2.75, 3.05) is 5.32 Å². The molecule has 0 unspecified atom stereocenters. The number of nitriles is 1. The van der Waals surface area contributed by atoms with Crippen LogP contribution in [0.4, 0.5) is 11.4 Å². The molecule has 0 aliphatic carbocycles. The van der Waals surface area contributed by atoms with Crippen molar-refractivity contribution >= 4 is 60.4 Å². The number of primary sulfonamides is 1. The number of rotatable bonds is 5. The molecule has 0 saturated carbocycles. The van der Waals surface area contributed by atoms with Crippen molar-refractivity contribution in [1.29, 1.82) is 5.26 Å². The summed E-state index contributed by atoms with van der Waals surface area (Å²) in [6, 6.07) is 27.1. The first kappa shape index (κ1) is 25.0. The minimum absolute atomic E-state index is 0.127. The van der Waals surface area contributed by atoms with Gasteiger partial charge < -0.3 is 15.0 Å². The van der Waals surface area contributed by atoms with Gasteiger partial charge in [-0.15, -0.1) is 10.2 Å². The molecule has 0 amide bonds. The number of aromatic hydroxyl groups is 1. The van der Waals surface area contributed by atoms with Crippen molar-refractivity contribution in [3.8, 4) is 11.9 Å². The minimum atomic E-state index is -4.00. The van der Waals surface area contributed by atoms with Gasteiger partial charge in [0, 0.05) is 5.39 Å². The average molecular weight is 541 g/mol. The van der Waals surface area contributed by atoms with Crippen LogP contribution < -0.4 is 10.5 Å². The monoisotopic (exact) mass is 540 g/mol. The number of hydrogen-bond acceptors (Lipinski definition) is 6. The molecule has 5 rings (SSSR count). The first-order chi connectivity index (χ1) is 18.2. The van der Waals surface area contributed by atoms with E-state index < -0.39 is 10.0 Å². The number of benzene rings is 4. The summed E-state index contributed by atoms with van der Waals surface area (Å²) in [4.78, 5) is -0.147. The SMILES string of the molecule is N#Cc1ccc2c(c1)c(N=NC(=S)Nc1ccccc1S(N)(=O)=O)c(O)n2Cc1ccc2ccccc2c1. The van der Waals surface area contributed by atoms with Gasteiger partial charge in [0.25, 0.3) is 0 Å². The summed E-state index contributed by atoms with van der Waals surface area (Å²) in [7, 11) is -4.00. The predicted molar refractivity (Wildman–Crippen MR) is 150 cm³/mol. The van der Waals surface area contributed by atoms with E-state index in [-0.39, 0.29) is 27.3 Å². The third-order valence-electron chi connectivity index (χ3n) is 5.97. The van der Waals surface area contributed by atoms with Gasteiger partial charge >= 0.3 is 0 Å². The fourth-order valence-electron chi connectivity index (χ4n) is 4.22. The predicted octanol–water partition coefficient (Wildman–Crippen LogP) is 5.55. The van der Waals surface area contributed by atoms with E-state index in [1.807, 2.05) is 42.5 Å². The molecule has 1 aromatic heterocycles. The quantitative estimate of drug-likeness (QED) is 0.197. The molecule has 0 spiro atoms. The third-order valence-corrected chi connectivity index (χ3v) is 7.12. The lowest BCUT2D eigenvalue weighted by atomic mass is 10.1. The number of nitrogens with zero attached hydrogens (tertiary/aromatic N) is 4. The number of fused-ring (bicyclic) bond motifs is 2. The Balaban J connectivity index is 1.51. The van der Waals surface area contributed by atoms with Crippen LogP contribution >= 0.6 is 12.2 Å². The van der Waals surface area contributed by atoms with Crippen LogP contribution in [-0.4, -0.2) is 23.2 Å². The van der Waals surface area contributed by atoms with Crippen molar-refractivity contribution in [3.05, 3.63) is 96.1 Å². The van der Waals surface area contributed by atoms with Crippen molar-refractivity contribution in [3.63, 3.8) is 0 Å². The highest BCUT2D eigenvalue weighted by Crippen LogP contribution is 2.40.